The minimum atomic E-state index is -0.385. The van der Waals surface area contributed by atoms with E-state index in [0.717, 1.165) is 0 Å². The third-order valence-electron chi connectivity index (χ3n) is 1.58. The number of carbonyl (C=O) groups excluding carboxylic acids is 1. The Balaban J connectivity index is 3.00. The number of nitriles is 1. The second-order valence-corrected chi connectivity index (χ2v) is 2.94. The van der Waals surface area contributed by atoms with Gasteiger partial charge in [0.1, 0.15) is 6.07 Å². The smallest absolute Gasteiger partial charge is 0.319 e. The van der Waals surface area contributed by atoms with Crippen LogP contribution in [0.25, 0.3) is 0 Å². The maximum absolute atomic E-state index is 11.0. The van der Waals surface area contributed by atoms with E-state index in [-0.39, 0.29) is 6.03 Å². The summed E-state index contributed by atoms with van der Waals surface area (Å²) in [5, 5.41) is 14.1. The van der Waals surface area contributed by atoms with Crippen molar-refractivity contribution >= 4 is 23.3 Å². The number of halogens is 1. The molecule has 0 unspecified atom stereocenters. The molecule has 0 heterocycles. The fourth-order valence-electron chi connectivity index (χ4n) is 0.902. The van der Waals surface area contributed by atoms with Crippen molar-refractivity contribution < 1.29 is 4.79 Å². The summed E-state index contributed by atoms with van der Waals surface area (Å²) < 4.78 is 0. The topological polar surface area (TPSA) is 64.9 Å². The first-order valence-corrected chi connectivity index (χ1v) is 4.23. The van der Waals surface area contributed by atoms with Gasteiger partial charge >= 0.3 is 6.03 Å². The van der Waals surface area contributed by atoms with Crippen molar-refractivity contribution in [1.29, 1.82) is 5.26 Å². The van der Waals surface area contributed by atoms with Crippen molar-refractivity contribution in [2.75, 3.05) is 12.4 Å². The van der Waals surface area contributed by atoms with E-state index in [1.54, 1.807) is 12.1 Å². The molecule has 4 nitrogen and oxygen atoms in total. The van der Waals surface area contributed by atoms with Crippen LogP contribution in [0.2, 0.25) is 5.02 Å². The largest absolute Gasteiger partial charge is 0.341 e. The van der Waals surface area contributed by atoms with Crippen LogP contribution >= 0.6 is 11.6 Å². The first-order valence-electron chi connectivity index (χ1n) is 3.85. The third kappa shape index (κ3) is 2.38. The lowest BCUT2D eigenvalue weighted by Crippen LogP contribution is -2.24. The standard InChI is InChI=1S/C9H8ClN3O/c1-12-9(14)13-8-4-7(10)3-2-6(8)5-11/h2-4H,1H3,(H2,12,13,14). The van der Waals surface area contributed by atoms with Crippen molar-refractivity contribution in [3.8, 4) is 6.07 Å². The Morgan fingerprint density at radius 2 is 2.29 bits per heavy atom. The van der Waals surface area contributed by atoms with Crippen molar-refractivity contribution in [2.24, 2.45) is 0 Å². The number of nitrogens with one attached hydrogen (secondary N) is 2. The Hall–Kier alpha value is -1.73. The van der Waals surface area contributed by atoms with E-state index in [1.807, 2.05) is 6.07 Å². The Kier molecular flexibility index (Phi) is 3.32. The van der Waals surface area contributed by atoms with Crippen LogP contribution in [0.4, 0.5) is 10.5 Å². The molecule has 1 aromatic rings. The molecule has 0 aliphatic heterocycles. The van der Waals surface area contributed by atoms with Gasteiger partial charge in [0.15, 0.2) is 0 Å². The summed E-state index contributed by atoms with van der Waals surface area (Å²) in [5.74, 6) is 0. The zero-order valence-electron chi connectivity index (χ0n) is 7.47. The second-order valence-electron chi connectivity index (χ2n) is 2.51. The zero-order chi connectivity index (χ0) is 10.6. The van der Waals surface area contributed by atoms with Gasteiger partial charge in [-0.15, -0.1) is 0 Å². The van der Waals surface area contributed by atoms with E-state index in [4.69, 9.17) is 16.9 Å². The van der Waals surface area contributed by atoms with Crippen LogP contribution in [0, 0.1) is 11.3 Å². The van der Waals surface area contributed by atoms with Gasteiger partial charge in [0.2, 0.25) is 0 Å². The van der Waals surface area contributed by atoms with E-state index in [0.29, 0.717) is 16.3 Å². The molecule has 72 valence electrons. The molecule has 0 saturated heterocycles. The molecule has 1 aromatic carbocycles. The molecule has 2 N–H and O–H groups in total. The lowest BCUT2D eigenvalue weighted by molar-refractivity contribution is 0.254. The van der Waals surface area contributed by atoms with Crippen LogP contribution < -0.4 is 10.6 Å². The molecule has 0 aromatic heterocycles. The van der Waals surface area contributed by atoms with Gasteiger partial charge in [-0.05, 0) is 18.2 Å². The van der Waals surface area contributed by atoms with E-state index >= 15 is 0 Å². The fraction of sp³-hybridized carbons (Fsp3) is 0.111. The Bertz CT molecular complexity index is 398. The van der Waals surface area contributed by atoms with Gasteiger partial charge in [-0.2, -0.15) is 5.26 Å². The van der Waals surface area contributed by atoms with E-state index in [2.05, 4.69) is 10.6 Å². The van der Waals surface area contributed by atoms with E-state index in [1.165, 1.54) is 13.1 Å². The third-order valence-corrected chi connectivity index (χ3v) is 1.81. The van der Waals surface area contributed by atoms with Crippen LogP contribution in [0.15, 0.2) is 18.2 Å². The molecule has 1 rings (SSSR count). The predicted octanol–water partition coefficient (Wildman–Crippen LogP) is 1.96. The zero-order valence-corrected chi connectivity index (χ0v) is 8.22. The first kappa shape index (κ1) is 10.4. The monoisotopic (exact) mass is 209 g/mol. The average molecular weight is 210 g/mol. The predicted molar refractivity (Wildman–Crippen MR) is 54.2 cm³/mol. The van der Waals surface area contributed by atoms with Crippen LogP contribution in [-0.2, 0) is 0 Å². The van der Waals surface area contributed by atoms with Crippen molar-refractivity contribution in [2.45, 2.75) is 0 Å². The van der Waals surface area contributed by atoms with E-state index in [9.17, 15) is 4.79 Å². The van der Waals surface area contributed by atoms with Crippen molar-refractivity contribution in [3.63, 3.8) is 0 Å². The number of carbonyl (C=O) groups is 1. The minimum Gasteiger partial charge on any atom is -0.341 e. The lowest BCUT2D eigenvalue weighted by atomic mass is 10.2. The van der Waals surface area contributed by atoms with Crippen LogP contribution in [0.1, 0.15) is 5.56 Å². The molecule has 2 amide bonds. The molecule has 14 heavy (non-hydrogen) atoms. The summed E-state index contributed by atoms with van der Waals surface area (Å²) in [6.45, 7) is 0. The second kappa shape index (κ2) is 4.49. The molecule has 5 heteroatoms. The highest BCUT2D eigenvalue weighted by Gasteiger charge is 2.05. The van der Waals surface area contributed by atoms with E-state index < -0.39 is 0 Å². The van der Waals surface area contributed by atoms with Crippen molar-refractivity contribution in [1.82, 2.24) is 5.32 Å². The van der Waals surface area contributed by atoms with Crippen LogP contribution in [0.3, 0.4) is 0 Å². The molecule has 0 aliphatic carbocycles. The number of urea groups is 1. The average Bonchev–Trinajstić information content (AvgIpc) is 2.18. The van der Waals surface area contributed by atoms with Gasteiger partial charge in [0, 0.05) is 12.1 Å². The lowest BCUT2D eigenvalue weighted by Gasteiger charge is -2.06. The molecule has 0 fully saturated rings. The molecular formula is C9H8ClN3O. The summed E-state index contributed by atoms with van der Waals surface area (Å²) in [7, 11) is 1.49. The normalized spacial score (nSPS) is 8.93. The molecule has 0 radical (unpaired) electrons. The van der Waals surface area contributed by atoms with Gasteiger partial charge < -0.3 is 10.6 Å². The number of rotatable bonds is 1. The number of hydrogen-bond donors (Lipinski definition) is 2. The number of benzene rings is 1. The number of anilines is 1. The molecular weight excluding hydrogens is 202 g/mol. The van der Waals surface area contributed by atoms with Gasteiger partial charge in [0.05, 0.1) is 11.3 Å². The molecule has 0 spiro atoms. The molecule has 0 aliphatic rings. The highest BCUT2D eigenvalue weighted by molar-refractivity contribution is 6.31. The number of nitrogens with zero attached hydrogens (tertiary/aromatic N) is 1. The van der Waals surface area contributed by atoms with Gasteiger partial charge in [-0.1, -0.05) is 11.6 Å². The highest BCUT2D eigenvalue weighted by Crippen LogP contribution is 2.19. The van der Waals surface area contributed by atoms with Gasteiger partial charge in [-0.3, -0.25) is 0 Å². The number of hydrogen-bond acceptors (Lipinski definition) is 2. The number of amides is 2. The molecule has 0 atom stereocenters. The summed E-state index contributed by atoms with van der Waals surface area (Å²) >= 11 is 5.72. The summed E-state index contributed by atoms with van der Waals surface area (Å²) in [5.41, 5.74) is 0.775. The summed E-state index contributed by atoms with van der Waals surface area (Å²) in [6.07, 6.45) is 0. The maximum atomic E-state index is 11.0. The molecule has 0 saturated carbocycles. The minimum absolute atomic E-state index is 0.373. The van der Waals surface area contributed by atoms with Crippen molar-refractivity contribution in [3.05, 3.63) is 28.8 Å². The summed E-state index contributed by atoms with van der Waals surface area (Å²) in [4.78, 5) is 11.0. The SMILES string of the molecule is CNC(=O)Nc1cc(Cl)ccc1C#N. The molecule has 0 bridgehead atoms. The Morgan fingerprint density at radius 3 is 2.86 bits per heavy atom. The maximum Gasteiger partial charge on any atom is 0.319 e. The Labute approximate surface area is 86.5 Å². The van der Waals surface area contributed by atoms with Gasteiger partial charge in [0.25, 0.3) is 0 Å². The Morgan fingerprint density at radius 1 is 1.57 bits per heavy atom. The van der Waals surface area contributed by atoms with Crippen LogP contribution in [0.5, 0.6) is 0 Å². The quantitative estimate of drug-likeness (QED) is 0.743. The summed E-state index contributed by atoms with van der Waals surface area (Å²) in [6, 6.07) is 6.23. The highest BCUT2D eigenvalue weighted by atomic mass is 35.5. The van der Waals surface area contributed by atoms with Gasteiger partial charge in [-0.25, -0.2) is 4.79 Å². The first-order chi connectivity index (χ1) is 6.67. The van der Waals surface area contributed by atoms with Crippen LogP contribution in [-0.4, -0.2) is 13.1 Å². The fourth-order valence-corrected chi connectivity index (χ4v) is 1.07.